The minimum absolute atomic E-state index is 0.165. The highest BCUT2D eigenvalue weighted by atomic mass is 35.5. The van der Waals surface area contributed by atoms with Crippen LogP contribution in [-0.2, 0) is 4.74 Å². The van der Waals surface area contributed by atoms with Crippen molar-refractivity contribution in [3.63, 3.8) is 0 Å². The average molecular weight is 245 g/mol. The molecule has 15 heavy (non-hydrogen) atoms. The second-order valence-electron chi connectivity index (χ2n) is 3.37. The van der Waals surface area contributed by atoms with Gasteiger partial charge in [-0.05, 0) is 18.6 Å². The van der Waals surface area contributed by atoms with Crippen LogP contribution in [0.25, 0.3) is 0 Å². The highest BCUT2D eigenvalue weighted by Crippen LogP contribution is 2.43. The van der Waals surface area contributed by atoms with Gasteiger partial charge in [-0.2, -0.15) is 0 Å². The van der Waals surface area contributed by atoms with Crippen molar-refractivity contribution in [2.24, 2.45) is 0 Å². The zero-order valence-corrected chi connectivity index (χ0v) is 9.96. The van der Waals surface area contributed by atoms with Crippen molar-refractivity contribution in [2.45, 2.75) is 28.7 Å². The smallest absolute Gasteiger partial charge is 0.126 e. The Morgan fingerprint density at radius 1 is 1.47 bits per heavy atom. The molecule has 0 amide bonds. The Kier molecular flexibility index (Phi) is 3.57. The van der Waals surface area contributed by atoms with E-state index in [1.807, 2.05) is 31.2 Å². The normalized spacial score (nSPS) is 29.9. The minimum atomic E-state index is -0.638. The van der Waals surface area contributed by atoms with Gasteiger partial charge < -0.3 is 9.84 Å². The quantitative estimate of drug-likeness (QED) is 0.812. The van der Waals surface area contributed by atoms with Gasteiger partial charge in [0, 0.05) is 11.5 Å². The molecule has 1 aromatic carbocycles. The van der Waals surface area contributed by atoms with Gasteiger partial charge in [0.15, 0.2) is 0 Å². The fraction of sp³-hybridized carbons (Fsp3) is 0.455. The molecule has 1 N–H and O–H groups in total. The van der Waals surface area contributed by atoms with Gasteiger partial charge in [0.05, 0.1) is 11.5 Å². The summed E-state index contributed by atoms with van der Waals surface area (Å²) in [6.07, 6.45) is -0.638. The number of ether oxygens (including phenoxy) is 1. The van der Waals surface area contributed by atoms with Crippen LogP contribution in [0.3, 0.4) is 0 Å². The summed E-state index contributed by atoms with van der Waals surface area (Å²) in [5.74, 6) is 0. The molecule has 1 heterocycles. The first-order valence-corrected chi connectivity index (χ1v) is 6.25. The van der Waals surface area contributed by atoms with Crippen LogP contribution in [0.2, 0.25) is 0 Å². The first kappa shape index (κ1) is 11.3. The lowest BCUT2D eigenvalue weighted by molar-refractivity contribution is 0.0686. The van der Waals surface area contributed by atoms with E-state index in [1.165, 1.54) is 0 Å². The number of alkyl halides is 1. The molecule has 0 fully saturated rings. The highest BCUT2D eigenvalue weighted by molar-refractivity contribution is 8.00. The van der Waals surface area contributed by atoms with E-state index in [1.54, 1.807) is 11.8 Å². The first-order chi connectivity index (χ1) is 7.24. The predicted octanol–water partition coefficient (Wildman–Crippen LogP) is 2.80. The molecule has 82 valence electrons. The molecule has 2 rings (SSSR count). The molecule has 3 atom stereocenters. The van der Waals surface area contributed by atoms with E-state index in [9.17, 15) is 5.11 Å². The monoisotopic (exact) mass is 244 g/mol. The maximum Gasteiger partial charge on any atom is 0.126 e. The second-order valence-corrected chi connectivity index (χ2v) is 5.01. The molecule has 4 heteroatoms. The molecule has 0 aromatic heterocycles. The number of hydrogen-bond donors (Lipinski definition) is 1. The van der Waals surface area contributed by atoms with Crippen LogP contribution >= 0.6 is 23.4 Å². The van der Waals surface area contributed by atoms with Crippen molar-refractivity contribution in [3.05, 3.63) is 29.8 Å². The highest BCUT2D eigenvalue weighted by Gasteiger charge is 2.35. The fourth-order valence-corrected chi connectivity index (χ4v) is 3.21. The van der Waals surface area contributed by atoms with Crippen LogP contribution in [0.15, 0.2) is 29.2 Å². The van der Waals surface area contributed by atoms with Gasteiger partial charge in [-0.15, -0.1) is 11.6 Å². The lowest BCUT2D eigenvalue weighted by Crippen LogP contribution is -2.31. The van der Waals surface area contributed by atoms with E-state index in [4.69, 9.17) is 16.3 Å². The van der Waals surface area contributed by atoms with Crippen molar-refractivity contribution in [1.82, 2.24) is 0 Å². The van der Waals surface area contributed by atoms with Gasteiger partial charge in [-0.25, -0.2) is 0 Å². The van der Waals surface area contributed by atoms with Gasteiger partial charge in [-0.3, -0.25) is 0 Å². The fourth-order valence-electron chi connectivity index (χ4n) is 1.63. The number of hydrogen-bond acceptors (Lipinski definition) is 3. The van der Waals surface area contributed by atoms with Crippen molar-refractivity contribution < 1.29 is 9.84 Å². The minimum Gasteiger partial charge on any atom is -0.387 e. The molecule has 0 radical (unpaired) electrons. The number of aliphatic hydroxyl groups excluding tert-OH is 1. The largest absolute Gasteiger partial charge is 0.387 e. The van der Waals surface area contributed by atoms with E-state index < -0.39 is 6.10 Å². The third kappa shape index (κ3) is 2.16. The van der Waals surface area contributed by atoms with Crippen LogP contribution in [-0.4, -0.2) is 22.5 Å². The Bertz CT molecular complexity index is 345. The Hall–Kier alpha value is -0.220. The Morgan fingerprint density at radius 3 is 2.93 bits per heavy atom. The van der Waals surface area contributed by atoms with E-state index in [-0.39, 0.29) is 10.8 Å². The third-order valence-electron chi connectivity index (χ3n) is 2.37. The van der Waals surface area contributed by atoms with E-state index in [2.05, 4.69) is 0 Å². The molecule has 1 aromatic rings. The Labute approximate surface area is 98.6 Å². The maximum absolute atomic E-state index is 10.0. The zero-order valence-electron chi connectivity index (χ0n) is 8.39. The molecule has 0 aliphatic carbocycles. The van der Waals surface area contributed by atoms with Gasteiger partial charge in [0.1, 0.15) is 5.44 Å². The summed E-state index contributed by atoms with van der Waals surface area (Å²) in [5.41, 5.74) is 0.736. The lowest BCUT2D eigenvalue weighted by atomic mass is 10.1. The summed E-state index contributed by atoms with van der Waals surface area (Å²) < 4.78 is 5.49. The zero-order chi connectivity index (χ0) is 10.8. The van der Waals surface area contributed by atoms with Gasteiger partial charge in [-0.1, -0.05) is 30.0 Å². The summed E-state index contributed by atoms with van der Waals surface area (Å²) in [6.45, 7) is 2.53. The van der Waals surface area contributed by atoms with Crippen molar-refractivity contribution in [3.8, 4) is 0 Å². The average Bonchev–Trinajstić information content (AvgIpc) is 2.26. The summed E-state index contributed by atoms with van der Waals surface area (Å²) in [4.78, 5) is 1.06. The maximum atomic E-state index is 10.0. The molecule has 0 unspecified atom stereocenters. The number of benzene rings is 1. The first-order valence-electron chi connectivity index (χ1n) is 4.93. The van der Waals surface area contributed by atoms with Crippen LogP contribution in [0.5, 0.6) is 0 Å². The van der Waals surface area contributed by atoms with E-state index in [0.29, 0.717) is 6.61 Å². The summed E-state index contributed by atoms with van der Waals surface area (Å²) >= 11 is 7.72. The van der Waals surface area contributed by atoms with E-state index >= 15 is 0 Å². The molecule has 0 saturated heterocycles. The molecule has 1 aliphatic rings. The van der Waals surface area contributed by atoms with Crippen molar-refractivity contribution in [2.75, 3.05) is 6.61 Å². The van der Waals surface area contributed by atoms with Gasteiger partial charge >= 0.3 is 0 Å². The Morgan fingerprint density at radius 2 is 2.20 bits per heavy atom. The van der Waals surface area contributed by atoms with E-state index in [0.717, 1.165) is 10.5 Å². The molecule has 0 saturated carbocycles. The standard InChI is InChI=1S/C11H13ClO2S/c1-2-14-11-9(12)10(13)7-5-3-4-6-8(7)15-11/h3-6,9-11,13H,2H2,1H3/t9-,10+,11+/m0/s1. The summed E-state index contributed by atoms with van der Waals surface area (Å²) in [7, 11) is 0. The van der Waals surface area contributed by atoms with Crippen LogP contribution < -0.4 is 0 Å². The number of rotatable bonds is 2. The number of halogens is 1. The molecular formula is C11H13ClO2S. The van der Waals surface area contributed by atoms with Gasteiger partial charge in [0.2, 0.25) is 0 Å². The topological polar surface area (TPSA) is 29.5 Å². The van der Waals surface area contributed by atoms with Crippen molar-refractivity contribution in [1.29, 1.82) is 0 Å². The van der Waals surface area contributed by atoms with Crippen LogP contribution in [0.4, 0.5) is 0 Å². The lowest BCUT2D eigenvalue weighted by Gasteiger charge is -2.32. The summed E-state index contributed by atoms with van der Waals surface area (Å²) in [5, 5.41) is 9.62. The predicted molar refractivity (Wildman–Crippen MR) is 62.3 cm³/mol. The molecule has 0 bridgehead atoms. The Balaban J connectivity index is 2.28. The molecular weight excluding hydrogens is 232 g/mol. The SMILES string of the molecule is CCO[C@@H]1Sc2ccccc2[C@@H](O)[C@@H]1Cl. The third-order valence-corrected chi connectivity index (χ3v) is 4.28. The number of fused-ring (bicyclic) bond motifs is 1. The van der Waals surface area contributed by atoms with Gasteiger partial charge in [0.25, 0.3) is 0 Å². The number of thioether (sulfide) groups is 1. The molecule has 1 aliphatic heterocycles. The number of aliphatic hydroxyl groups is 1. The van der Waals surface area contributed by atoms with Crippen molar-refractivity contribution >= 4 is 23.4 Å². The molecule has 2 nitrogen and oxygen atoms in total. The molecule has 0 spiro atoms. The van der Waals surface area contributed by atoms with Crippen LogP contribution in [0.1, 0.15) is 18.6 Å². The van der Waals surface area contributed by atoms with Crippen LogP contribution in [0, 0.1) is 0 Å². The second kappa shape index (κ2) is 4.74. The summed E-state index contributed by atoms with van der Waals surface area (Å²) in [6, 6.07) is 7.76.